The van der Waals surface area contributed by atoms with Gasteiger partial charge in [0.15, 0.2) is 28.5 Å². The number of nitrogens with one attached hydrogen (secondary N) is 2. The summed E-state index contributed by atoms with van der Waals surface area (Å²) in [6.45, 7) is -0.299. The highest BCUT2D eigenvalue weighted by Crippen LogP contribution is 2.54. The summed E-state index contributed by atoms with van der Waals surface area (Å²) in [6.07, 6.45) is -0.732. The predicted molar refractivity (Wildman–Crippen MR) is 143 cm³/mol. The molecule has 41 heavy (non-hydrogen) atoms. The highest BCUT2D eigenvalue weighted by Gasteiger charge is 2.37. The van der Waals surface area contributed by atoms with Gasteiger partial charge < -0.3 is 39.3 Å². The van der Waals surface area contributed by atoms with Crippen LogP contribution in [0.25, 0.3) is 33.1 Å². The Morgan fingerprint density at radius 3 is 2.93 bits per heavy atom. The minimum absolute atomic E-state index is 0.0280. The summed E-state index contributed by atoms with van der Waals surface area (Å²) in [5.74, 6) is 1.44. The minimum atomic E-state index is -0.880. The van der Waals surface area contributed by atoms with Gasteiger partial charge in [0.05, 0.1) is 37.4 Å². The van der Waals surface area contributed by atoms with Crippen LogP contribution in [0, 0.1) is 0 Å². The van der Waals surface area contributed by atoms with E-state index in [0.717, 1.165) is 11.1 Å². The molecule has 2 aliphatic heterocycles. The number of aromatic nitrogens is 5. The number of aromatic amines is 2. The van der Waals surface area contributed by atoms with E-state index in [-0.39, 0.29) is 42.8 Å². The number of hydrogen-bond acceptors (Lipinski definition) is 11. The number of fused-ring (bicyclic) bond motifs is 5. The standard InChI is InChI=1S/C27H22N6O8/c1-38-13-4-2-3-10-17(13)20(21-18-11(25(36)29-21)5-14-23(19(10)18)40-9-39-14)30-27-31-24-22(26(37)32-27)28-8-33(24)16-6-12(35)15(7-34)41-16/h2-5,8,12,15-16,29,34-36H,6-7,9H2,1H3,(H,31,32,37)/t12-,15+,16?/m0/s1. The minimum Gasteiger partial charge on any atom is -0.496 e. The van der Waals surface area contributed by atoms with Gasteiger partial charge in [0, 0.05) is 22.8 Å². The van der Waals surface area contributed by atoms with Crippen molar-refractivity contribution in [2.24, 2.45) is 4.99 Å². The molecule has 0 bridgehead atoms. The number of aliphatic hydroxyl groups is 2. The number of nitrogens with zero attached hydrogens (tertiary/aromatic N) is 4. The number of aliphatic imine (C=N–C) groups is 1. The molecule has 5 aromatic rings. The lowest BCUT2D eigenvalue weighted by Gasteiger charge is -2.22. The van der Waals surface area contributed by atoms with Crippen LogP contribution in [0.15, 0.2) is 40.4 Å². The lowest BCUT2D eigenvalue weighted by atomic mass is 9.85. The highest BCUT2D eigenvalue weighted by atomic mass is 16.7. The fourth-order valence-corrected chi connectivity index (χ4v) is 5.90. The van der Waals surface area contributed by atoms with Crippen LogP contribution in [0.4, 0.5) is 5.95 Å². The fourth-order valence-electron chi connectivity index (χ4n) is 5.90. The van der Waals surface area contributed by atoms with Crippen LogP contribution in [-0.2, 0) is 4.74 Å². The lowest BCUT2D eigenvalue weighted by Crippen LogP contribution is -2.24. The van der Waals surface area contributed by atoms with E-state index in [9.17, 15) is 20.1 Å². The molecule has 1 unspecified atom stereocenters. The van der Waals surface area contributed by atoms with Gasteiger partial charge in [0.1, 0.15) is 23.8 Å². The number of aliphatic hydroxyl groups excluding tert-OH is 2. The summed E-state index contributed by atoms with van der Waals surface area (Å²) in [6, 6.07) is 7.23. The third kappa shape index (κ3) is 3.29. The van der Waals surface area contributed by atoms with Crippen molar-refractivity contribution in [2.45, 2.75) is 24.9 Å². The summed E-state index contributed by atoms with van der Waals surface area (Å²) < 4.78 is 24.5. The number of H-pyrrole nitrogens is 2. The molecule has 0 spiro atoms. The van der Waals surface area contributed by atoms with Crippen molar-refractivity contribution < 1.29 is 34.3 Å². The van der Waals surface area contributed by atoms with E-state index in [1.54, 1.807) is 19.2 Å². The zero-order valence-electron chi connectivity index (χ0n) is 21.4. The van der Waals surface area contributed by atoms with Gasteiger partial charge in [-0.25, -0.2) is 9.98 Å². The Morgan fingerprint density at radius 2 is 2.12 bits per heavy atom. The van der Waals surface area contributed by atoms with Crippen LogP contribution < -0.4 is 19.8 Å². The Balaban J connectivity index is 1.37. The van der Waals surface area contributed by atoms with E-state index in [2.05, 4.69) is 19.9 Å². The van der Waals surface area contributed by atoms with Crippen molar-refractivity contribution in [3.05, 3.63) is 52.2 Å². The number of aromatic hydroxyl groups is 1. The van der Waals surface area contributed by atoms with Gasteiger partial charge in [0.2, 0.25) is 12.7 Å². The first-order valence-electron chi connectivity index (χ1n) is 12.8. The number of benzene rings is 2. The molecule has 1 fully saturated rings. The molecular formula is C27H22N6O8. The summed E-state index contributed by atoms with van der Waals surface area (Å²) in [5.41, 5.74) is 2.65. The SMILES string of the molecule is COc1cccc2c1C(=Nc1nc3c(ncn3C3C[C@H](O)[C@@H](CO)O3)c(=O)[nH]1)c1[nH]c(O)c3cc4c(c-2c13)OCO4. The molecule has 208 valence electrons. The van der Waals surface area contributed by atoms with E-state index in [0.29, 0.717) is 45.0 Å². The van der Waals surface area contributed by atoms with Crippen LogP contribution in [0.3, 0.4) is 0 Å². The maximum absolute atomic E-state index is 13.1. The van der Waals surface area contributed by atoms with Gasteiger partial charge in [0.25, 0.3) is 5.56 Å². The van der Waals surface area contributed by atoms with Crippen molar-refractivity contribution >= 4 is 33.6 Å². The van der Waals surface area contributed by atoms with E-state index in [1.165, 1.54) is 10.9 Å². The molecule has 2 aromatic carbocycles. The Bertz CT molecular complexity index is 1990. The zero-order chi connectivity index (χ0) is 28.0. The Hall–Kier alpha value is -4.92. The first-order chi connectivity index (χ1) is 20.0. The number of hydrogen-bond donors (Lipinski definition) is 5. The molecule has 0 saturated carbocycles. The Labute approximate surface area is 229 Å². The smallest absolute Gasteiger partial charge is 0.280 e. The van der Waals surface area contributed by atoms with Gasteiger partial charge in [-0.3, -0.25) is 14.3 Å². The number of rotatable bonds is 4. The first kappa shape index (κ1) is 23.9. The maximum atomic E-state index is 13.1. The van der Waals surface area contributed by atoms with Gasteiger partial charge >= 0.3 is 0 Å². The molecule has 5 heterocycles. The Kier molecular flexibility index (Phi) is 4.98. The normalized spacial score (nSPS) is 21.7. The topological polar surface area (TPSA) is 189 Å². The number of imidazole rings is 1. The lowest BCUT2D eigenvalue weighted by molar-refractivity contribution is -0.0432. The van der Waals surface area contributed by atoms with Crippen molar-refractivity contribution in [3.8, 4) is 34.3 Å². The average molecular weight is 559 g/mol. The third-order valence-corrected chi connectivity index (χ3v) is 7.73. The summed E-state index contributed by atoms with van der Waals surface area (Å²) >= 11 is 0. The van der Waals surface area contributed by atoms with Gasteiger partial charge in [-0.2, -0.15) is 4.98 Å². The van der Waals surface area contributed by atoms with Crippen molar-refractivity contribution in [2.75, 3.05) is 20.5 Å². The van der Waals surface area contributed by atoms with E-state index < -0.39 is 24.0 Å². The quantitative estimate of drug-likeness (QED) is 0.213. The van der Waals surface area contributed by atoms with Crippen molar-refractivity contribution in [1.29, 1.82) is 0 Å². The molecule has 3 aliphatic rings. The van der Waals surface area contributed by atoms with E-state index in [1.807, 2.05) is 12.1 Å². The molecule has 1 aliphatic carbocycles. The largest absolute Gasteiger partial charge is 0.496 e. The van der Waals surface area contributed by atoms with Gasteiger partial charge in [-0.1, -0.05) is 12.1 Å². The highest BCUT2D eigenvalue weighted by molar-refractivity contribution is 6.30. The fraction of sp³-hybridized carbons (Fsp3) is 0.259. The number of ether oxygens (including phenoxy) is 4. The second kappa shape index (κ2) is 8.54. The second-order valence-electron chi connectivity index (χ2n) is 9.93. The van der Waals surface area contributed by atoms with Crippen molar-refractivity contribution in [3.63, 3.8) is 0 Å². The molecule has 8 rings (SSSR count). The molecule has 14 nitrogen and oxygen atoms in total. The molecule has 3 aromatic heterocycles. The summed E-state index contributed by atoms with van der Waals surface area (Å²) in [5, 5.41) is 31.8. The monoisotopic (exact) mass is 558 g/mol. The Morgan fingerprint density at radius 1 is 1.24 bits per heavy atom. The van der Waals surface area contributed by atoms with Crippen LogP contribution in [0.1, 0.15) is 23.9 Å². The summed E-state index contributed by atoms with van der Waals surface area (Å²) in [7, 11) is 1.54. The average Bonchev–Trinajstić information content (AvgIpc) is 3.76. The van der Waals surface area contributed by atoms with Crippen LogP contribution in [-0.4, -0.2) is 78.3 Å². The van der Waals surface area contributed by atoms with Gasteiger partial charge in [-0.05, 0) is 17.7 Å². The number of methoxy groups -OCH3 is 1. The molecule has 14 heteroatoms. The third-order valence-electron chi connectivity index (χ3n) is 7.73. The molecule has 0 radical (unpaired) electrons. The van der Waals surface area contributed by atoms with Crippen LogP contribution >= 0.6 is 0 Å². The van der Waals surface area contributed by atoms with Crippen molar-refractivity contribution in [1.82, 2.24) is 24.5 Å². The molecule has 5 N–H and O–H groups in total. The predicted octanol–water partition coefficient (Wildman–Crippen LogP) is 1.83. The van der Waals surface area contributed by atoms with Crippen LogP contribution in [0.5, 0.6) is 23.1 Å². The maximum Gasteiger partial charge on any atom is 0.280 e. The molecular weight excluding hydrogens is 536 g/mol. The zero-order valence-corrected chi connectivity index (χ0v) is 21.4. The van der Waals surface area contributed by atoms with Crippen LogP contribution in [0.2, 0.25) is 0 Å². The van der Waals surface area contributed by atoms with E-state index in [4.69, 9.17) is 23.9 Å². The van der Waals surface area contributed by atoms with Gasteiger partial charge in [-0.15, -0.1) is 0 Å². The second-order valence-corrected chi connectivity index (χ2v) is 9.93. The summed E-state index contributed by atoms with van der Waals surface area (Å²) in [4.78, 5) is 32.3. The molecule has 0 amide bonds. The van der Waals surface area contributed by atoms with E-state index >= 15 is 0 Å². The first-order valence-corrected chi connectivity index (χ1v) is 12.8. The molecule has 1 saturated heterocycles. The molecule has 3 atom stereocenters.